The van der Waals surface area contributed by atoms with Crippen molar-refractivity contribution in [2.75, 3.05) is 19.5 Å². The molecule has 3 rings (SSSR count). The van der Waals surface area contributed by atoms with Crippen molar-refractivity contribution < 1.29 is 9.53 Å². The van der Waals surface area contributed by atoms with Crippen molar-refractivity contribution in [1.29, 1.82) is 0 Å². The fraction of sp³-hybridized carbons (Fsp3) is 0.0909. The number of benzene rings is 2. The smallest absolute Gasteiger partial charge is 0.204 e. The molecule has 3 aromatic rings. The number of hydrogen-bond donors (Lipinski definition) is 1. The van der Waals surface area contributed by atoms with Crippen molar-refractivity contribution in [2.24, 2.45) is 0 Å². The second kappa shape index (κ2) is 8.12. The van der Waals surface area contributed by atoms with Gasteiger partial charge < -0.3 is 10.1 Å². The lowest BCUT2D eigenvalue weighted by Gasteiger charge is -2.03. The van der Waals surface area contributed by atoms with Crippen LogP contribution in [0.4, 0.5) is 5.69 Å². The molecule has 1 heterocycles. The monoisotopic (exact) mass is 344 g/mol. The molecule has 0 unspecified atom stereocenters. The molecule has 0 aliphatic rings. The van der Waals surface area contributed by atoms with Crippen LogP contribution in [0.25, 0.3) is 17.0 Å². The van der Waals surface area contributed by atoms with Gasteiger partial charge in [0.1, 0.15) is 11.4 Å². The van der Waals surface area contributed by atoms with Gasteiger partial charge in [0.2, 0.25) is 5.78 Å². The Kier molecular flexibility index (Phi) is 5.44. The number of anilines is 1. The Morgan fingerprint density at radius 1 is 1.04 bits per heavy atom. The minimum absolute atomic E-state index is 0.127. The van der Waals surface area contributed by atoms with E-state index in [-0.39, 0.29) is 5.78 Å². The Labute approximate surface area is 152 Å². The summed E-state index contributed by atoms with van der Waals surface area (Å²) in [6.45, 7) is 0. The summed E-state index contributed by atoms with van der Waals surface area (Å²) in [6.07, 6.45) is 7.05. The molecular weight excluding hydrogens is 324 g/mol. The fourth-order valence-corrected chi connectivity index (χ4v) is 2.52. The second-order valence-corrected chi connectivity index (χ2v) is 5.71. The van der Waals surface area contributed by atoms with Crippen molar-refractivity contribution in [1.82, 2.24) is 4.98 Å². The molecule has 0 atom stereocenters. The molecule has 0 aliphatic heterocycles. The van der Waals surface area contributed by atoms with E-state index >= 15 is 0 Å². The van der Waals surface area contributed by atoms with Crippen LogP contribution in [-0.2, 0) is 0 Å². The number of allylic oxidation sites excluding steroid dienone is 3. The van der Waals surface area contributed by atoms with Gasteiger partial charge in [-0.05, 0) is 48.0 Å². The first kappa shape index (κ1) is 17.4. The van der Waals surface area contributed by atoms with Gasteiger partial charge in [-0.15, -0.1) is 0 Å². The van der Waals surface area contributed by atoms with E-state index in [4.69, 9.17) is 4.74 Å². The number of carbonyl (C=O) groups excluding carboxylic acids is 1. The molecule has 0 amide bonds. The molecule has 4 heteroatoms. The summed E-state index contributed by atoms with van der Waals surface area (Å²) in [5, 5.41) is 4.02. The summed E-state index contributed by atoms with van der Waals surface area (Å²) in [7, 11) is 3.51. The average Bonchev–Trinajstić information content (AvgIpc) is 2.70. The zero-order valence-electron chi connectivity index (χ0n) is 14.8. The molecule has 0 spiro atoms. The van der Waals surface area contributed by atoms with Gasteiger partial charge in [-0.1, -0.05) is 36.4 Å². The Morgan fingerprint density at radius 2 is 1.85 bits per heavy atom. The summed E-state index contributed by atoms with van der Waals surface area (Å²) < 4.78 is 5.20. The van der Waals surface area contributed by atoms with E-state index < -0.39 is 0 Å². The van der Waals surface area contributed by atoms with Crippen LogP contribution in [0.1, 0.15) is 16.1 Å². The molecule has 0 fully saturated rings. The summed E-state index contributed by atoms with van der Waals surface area (Å²) in [5.41, 5.74) is 3.32. The third-order valence-electron chi connectivity index (χ3n) is 4.00. The highest BCUT2D eigenvalue weighted by Crippen LogP contribution is 2.19. The minimum atomic E-state index is -0.127. The lowest BCUT2D eigenvalue weighted by atomic mass is 10.1. The molecule has 0 saturated heterocycles. The minimum Gasteiger partial charge on any atom is -0.497 e. The molecule has 0 aliphatic carbocycles. The third-order valence-corrected chi connectivity index (χ3v) is 4.00. The number of ether oxygens (including phenoxy) is 1. The van der Waals surface area contributed by atoms with Gasteiger partial charge in [-0.3, -0.25) is 4.79 Å². The van der Waals surface area contributed by atoms with Crippen LogP contribution in [0.5, 0.6) is 5.75 Å². The summed E-state index contributed by atoms with van der Waals surface area (Å²) in [4.78, 5) is 16.7. The number of ketones is 1. The summed E-state index contributed by atoms with van der Waals surface area (Å²) >= 11 is 0. The summed E-state index contributed by atoms with van der Waals surface area (Å²) in [6, 6.07) is 17.2. The van der Waals surface area contributed by atoms with Gasteiger partial charge in [0.15, 0.2) is 0 Å². The van der Waals surface area contributed by atoms with Gasteiger partial charge >= 0.3 is 0 Å². The maximum absolute atomic E-state index is 12.3. The Bertz CT molecular complexity index is 973. The quantitative estimate of drug-likeness (QED) is 0.399. The maximum atomic E-state index is 12.3. The van der Waals surface area contributed by atoms with Crippen LogP contribution in [0.15, 0.2) is 72.8 Å². The van der Waals surface area contributed by atoms with E-state index in [1.165, 1.54) is 6.08 Å². The molecule has 1 aromatic heterocycles. The van der Waals surface area contributed by atoms with Gasteiger partial charge in [-0.2, -0.15) is 0 Å². The third kappa shape index (κ3) is 4.16. The first-order valence-electron chi connectivity index (χ1n) is 8.31. The van der Waals surface area contributed by atoms with Crippen LogP contribution < -0.4 is 10.1 Å². The van der Waals surface area contributed by atoms with Crippen LogP contribution in [-0.4, -0.2) is 24.9 Å². The maximum Gasteiger partial charge on any atom is 0.204 e. The topological polar surface area (TPSA) is 51.2 Å². The number of pyridine rings is 1. The molecule has 0 saturated carbocycles. The van der Waals surface area contributed by atoms with Crippen molar-refractivity contribution in [3.63, 3.8) is 0 Å². The second-order valence-electron chi connectivity index (χ2n) is 5.71. The van der Waals surface area contributed by atoms with Gasteiger partial charge in [0, 0.05) is 18.1 Å². The largest absolute Gasteiger partial charge is 0.497 e. The lowest BCUT2D eigenvalue weighted by molar-refractivity contribution is 0.104. The first-order chi connectivity index (χ1) is 12.7. The number of rotatable bonds is 6. The van der Waals surface area contributed by atoms with E-state index in [2.05, 4.69) is 10.3 Å². The van der Waals surface area contributed by atoms with Gasteiger partial charge in [-0.25, -0.2) is 4.98 Å². The molecule has 0 radical (unpaired) electrons. The molecule has 4 nitrogen and oxygen atoms in total. The van der Waals surface area contributed by atoms with Crippen LogP contribution in [0, 0.1) is 0 Å². The van der Waals surface area contributed by atoms with E-state index in [0.717, 1.165) is 27.9 Å². The van der Waals surface area contributed by atoms with E-state index in [0.29, 0.717) is 5.69 Å². The highest BCUT2D eigenvalue weighted by molar-refractivity contribution is 6.04. The molecule has 130 valence electrons. The predicted molar refractivity (Wildman–Crippen MR) is 107 cm³/mol. The molecule has 1 N–H and O–H groups in total. The Morgan fingerprint density at radius 3 is 2.58 bits per heavy atom. The number of aromatic nitrogens is 1. The van der Waals surface area contributed by atoms with Crippen molar-refractivity contribution >= 4 is 28.4 Å². The van der Waals surface area contributed by atoms with Crippen LogP contribution in [0.3, 0.4) is 0 Å². The van der Waals surface area contributed by atoms with Crippen LogP contribution in [0.2, 0.25) is 0 Å². The van der Waals surface area contributed by atoms with E-state index in [9.17, 15) is 4.79 Å². The van der Waals surface area contributed by atoms with Gasteiger partial charge in [0.25, 0.3) is 0 Å². The highest BCUT2D eigenvalue weighted by atomic mass is 16.5. The molecule has 26 heavy (non-hydrogen) atoms. The first-order valence-corrected chi connectivity index (χ1v) is 8.31. The Balaban J connectivity index is 1.69. The van der Waals surface area contributed by atoms with Gasteiger partial charge in [0.05, 0.1) is 12.6 Å². The average molecular weight is 344 g/mol. The Hall–Kier alpha value is -3.40. The summed E-state index contributed by atoms with van der Waals surface area (Å²) in [5.74, 6) is 0.643. The van der Waals surface area contributed by atoms with Crippen molar-refractivity contribution in [2.45, 2.75) is 0 Å². The fourth-order valence-electron chi connectivity index (χ4n) is 2.52. The number of carbonyl (C=O) groups is 1. The van der Waals surface area contributed by atoms with Crippen molar-refractivity contribution in [3.05, 3.63) is 84.1 Å². The normalized spacial score (nSPS) is 11.3. The molecular formula is C22H20N2O2. The van der Waals surface area contributed by atoms with E-state index in [1.807, 2.05) is 67.7 Å². The zero-order chi connectivity index (χ0) is 18.4. The zero-order valence-corrected chi connectivity index (χ0v) is 14.8. The molecule has 0 bridgehead atoms. The number of methoxy groups -OCH3 is 1. The number of fused-ring (bicyclic) bond motifs is 1. The number of nitrogens with one attached hydrogen (secondary N) is 1. The lowest BCUT2D eigenvalue weighted by Crippen LogP contribution is -1.98. The van der Waals surface area contributed by atoms with E-state index in [1.54, 1.807) is 19.3 Å². The SMILES string of the molecule is CNc1ccc(C=CC=CC(=O)c2ccc3cc(OC)ccc3n2)cc1. The standard InChI is InChI=1S/C22H20N2O2/c1-23-18-10-7-16(8-11-18)5-3-4-6-22(25)21-13-9-17-15-19(26-2)12-14-20(17)24-21/h3-15,23H,1-2H3. The van der Waals surface area contributed by atoms with Crippen molar-refractivity contribution in [3.8, 4) is 5.75 Å². The highest BCUT2D eigenvalue weighted by Gasteiger charge is 2.05. The number of nitrogens with zero attached hydrogens (tertiary/aromatic N) is 1. The van der Waals surface area contributed by atoms with Crippen LogP contribution >= 0.6 is 0 Å². The number of hydrogen-bond acceptors (Lipinski definition) is 4. The predicted octanol–water partition coefficient (Wildman–Crippen LogP) is 4.74. The molecule has 2 aromatic carbocycles.